The summed E-state index contributed by atoms with van der Waals surface area (Å²) in [5.74, 6) is -1.14. The molecule has 9 nitrogen and oxygen atoms in total. The van der Waals surface area contributed by atoms with Crippen LogP contribution in [0.1, 0.15) is 54.7 Å². The first-order chi connectivity index (χ1) is 17.6. The number of aromatic nitrogens is 1. The van der Waals surface area contributed by atoms with E-state index < -0.39 is 23.8 Å². The van der Waals surface area contributed by atoms with Gasteiger partial charge in [-0.05, 0) is 55.5 Å². The number of nitrogens with one attached hydrogen (secondary N) is 2. The van der Waals surface area contributed by atoms with Gasteiger partial charge >= 0.3 is 18.2 Å². The smallest absolute Gasteiger partial charge is 0.412 e. The zero-order chi connectivity index (χ0) is 26.6. The average Bonchev–Trinajstić information content (AvgIpc) is 3.38. The number of hydrogen-bond donors (Lipinski definition) is 3. The van der Waals surface area contributed by atoms with Gasteiger partial charge < -0.3 is 24.5 Å². The van der Waals surface area contributed by atoms with Crippen molar-refractivity contribution in [1.29, 1.82) is 0 Å². The molecule has 9 heteroatoms. The predicted octanol–water partition coefficient (Wildman–Crippen LogP) is 5.46. The summed E-state index contributed by atoms with van der Waals surface area (Å²) in [4.78, 5) is 36.0. The lowest BCUT2D eigenvalue weighted by molar-refractivity contribution is 0.0633. The highest BCUT2D eigenvalue weighted by Crippen LogP contribution is 2.44. The number of ether oxygens (including phenoxy) is 2. The van der Waals surface area contributed by atoms with Gasteiger partial charge in [-0.2, -0.15) is 0 Å². The third-order valence-electron chi connectivity index (χ3n) is 5.95. The second-order valence-corrected chi connectivity index (χ2v) is 9.85. The molecular formula is C28H31N3O6. The Kier molecular flexibility index (Phi) is 7.52. The molecule has 1 aliphatic rings. The summed E-state index contributed by atoms with van der Waals surface area (Å²) < 4.78 is 12.2. The number of fused-ring (bicyclic) bond motifs is 3. The van der Waals surface area contributed by atoms with Crippen LogP contribution in [0.3, 0.4) is 0 Å². The Morgan fingerprint density at radius 3 is 2.19 bits per heavy atom. The lowest BCUT2D eigenvalue weighted by Crippen LogP contribution is -2.27. The Labute approximate surface area is 215 Å². The number of aryl methyl sites for hydroxylation is 1. The van der Waals surface area contributed by atoms with Crippen molar-refractivity contribution < 1.29 is 29.0 Å². The van der Waals surface area contributed by atoms with Gasteiger partial charge in [0.05, 0.1) is 5.69 Å². The molecule has 0 spiro atoms. The van der Waals surface area contributed by atoms with Crippen LogP contribution in [0.4, 0.5) is 15.3 Å². The molecule has 2 aromatic carbocycles. The number of rotatable bonds is 8. The van der Waals surface area contributed by atoms with E-state index in [-0.39, 0.29) is 18.2 Å². The van der Waals surface area contributed by atoms with Crippen LogP contribution in [0.25, 0.3) is 11.1 Å². The van der Waals surface area contributed by atoms with Crippen molar-refractivity contribution in [2.45, 2.75) is 45.3 Å². The zero-order valence-electron chi connectivity index (χ0n) is 21.1. The molecule has 0 bridgehead atoms. The van der Waals surface area contributed by atoms with E-state index in [4.69, 9.17) is 9.47 Å². The van der Waals surface area contributed by atoms with Crippen LogP contribution in [0, 0.1) is 0 Å². The van der Waals surface area contributed by atoms with E-state index in [0.29, 0.717) is 25.2 Å². The van der Waals surface area contributed by atoms with Gasteiger partial charge in [0.25, 0.3) is 0 Å². The summed E-state index contributed by atoms with van der Waals surface area (Å²) in [6, 6.07) is 17.6. The summed E-state index contributed by atoms with van der Waals surface area (Å²) in [5, 5.41) is 14.8. The summed E-state index contributed by atoms with van der Waals surface area (Å²) in [5.41, 5.74) is 4.26. The van der Waals surface area contributed by atoms with Gasteiger partial charge in [0.15, 0.2) is 0 Å². The number of carboxylic acid groups (broad SMARTS) is 1. The van der Waals surface area contributed by atoms with Gasteiger partial charge in [-0.15, -0.1) is 0 Å². The summed E-state index contributed by atoms with van der Waals surface area (Å²) >= 11 is 0. The van der Waals surface area contributed by atoms with Gasteiger partial charge in [-0.25, -0.2) is 14.4 Å². The van der Waals surface area contributed by atoms with Gasteiger partial charge in [0.2, 0.25) is 0 Å². The topological polar surface area (TPSA) is 119 Å². The maximum atomic E-state index is 12.4. The quantitative estimate of drug-likeness (QED) is 0.350. The fraction of sp³-hybridized carbons (Fsp3) is 0.321. The minimum atomic E-state index is -1.12. The standard InChI is InChI=1S/C28H31N3O6/c1-28(2,3)37-27(35)30-18-15-24(25(32)33)31(16-18)14-8-13-29-26(34)36-17-23-21-11-6-4-9-19(21)20-10-5-7-12-22(20)23/h4-7,9-12,15-16,23H,8,13-14,17H2,1-3H3,(H,29,34)(H,30,35)(H,32,33). The molecule has 0 atom stereocenters. The summed E-state index contributed by atoms with van der Waals surface area (Å²) in [6.07, 6.45) is 0.796. The Bertz CT molecular complexity index is 1260. The monoisotopic (exact) mass is 505 g/mol. The van der Waals surface area contributed by atoms with E-state index in [2.05, 4.69) is 34.9 Å². The van der Waals surface area contributed by atoms with Gasteiger partial charge in [0, 0.05) is 25.2 Å². The predicted molar refractivity (Wildman–Crippen MR) is 139 cm³/mol. The highest BCUT2D eigenvalue weighted by atomic mass is 16.6. The Hall–Kier alpha value is -4.27. The number of aromatic carboxylic acids is 1. The number of benzene rings is 2. The highest BCUT2D eigenvalue weighted by molar-refractivity contribution is 5.91. The van der Waals surface area contributed by atoms with Gasteiger partial charge in [-0.3, -0.25) is 5.32 Å². The van der Waals surface area contributed by atoms with Gasteiger partial charge in [-0.1, -0.05) is 48.5 Å². The molecule has 2 amide bonds. The van der Waals surface area contributed by atoms with Crippen LogP contribution in [0.2, 0.25) is 0 Å². The van der Waals surface area contributed by atoms with E-state index in [1.807, 2.05) is 24.3 Å². The first-order valence-electron chi connectivity index (χ1n) is 12.1. The molecule has 1 aliphatic carbocycles. The van der Waals surface area contributed by atoms with Crippen LogP contribution in [0.15, 0.2) is 60.8 Å². The number of carbonyl (C=O) groups excluding carboxylic acids is 2. The number of amides is 2. The molecule has 3 N–H and O–H groups in total. The second kappa shape index (κ2) is 10.8. The first kappa shape index (κ1) is 25.8. The maximum absolute atomic E-state index is 12.4. The van der Waals surface area contributed by atoms with E-state index in [9.17, 15) is 19.5 Å². The fourth-order valence-corrected chi connectivity index (χ4v) is 4.45. The molecule has 37 heavy (non-hydrogen) atoms. The molecular weight excluding hydrogens is 474 g/mol. The molecule has 194 valence electrons. The van der Waals surface area contributed by atoms with Crippen molar-refractivity contribution in [2.24, 2.45) is 0 Å². The number of nitrogens with zero attached hydrogens (tertiary/aromatic N) is 1. The minimum Gasteiger partial charge on any atom is -0.477 e. The first-order valence-corrected chi connectivity index (χ1v) is 12.1. The zero-order valence-corrected chi connectivity index (χ0v) is 21.1. The largest absolute Gasteiger partial charge is 0.477 e. The van der Waals surface area contributed by atoms with Crippen molar-refractivity contribution in [1.82, 2.24) is 9.88 Å². The summed E-state index contributed by atoms with van der Waals surface area (Å²) in [7, 11) is 0. The second-order valence-electron chi connectivity index (χ2n) is 9.85. The van der Waals surface area contributed by atoms with Crippen molar-refractivity contribution in [2.75, 3.05) is 18.5 Å². The molecule has 0 unspecified atom stereocenters. The molecule has 0 saturated heterocycles. The fourth-order valence-electron chi connectivity index (χ4n) is 4.45. The van der Waals surface area contributed by atoms with E-state index in [1.165, 1.54) is 16.8 Å². The third kappa shape index (κ3) is 6.30. The number of anilines is 1. The lowest BCUT2D eigenvalue weighted by Gasteiger charge is -2.19. The number of carboxylic acids is 1. The summed E-state index contributed by atoms with van der Waals surface area (Å²) in [6.45, 7) is 6.06. The molecule has 0 saturated carbocycles. The van der Waals surface area contributed by atoms with Crippen molar-refractivity contribution in [3.05, 3.63) is 77.6 Å². The van der Waals surface area contributed by atoms with E-state index >= 15 is 0 Å². The molecule has 0 radical (unpaired) electrons. The highest BCUT2D eigenvalue weighted by Gasteiger charge is 2.29. The van der Waals surface area contributed by atoms with E-state index in [0.717, 1.165) is 22.3 Å². The van der Waals surface area contributed by atoms with Crippen LogP contribution in [0.5, 0.6) is 0 Å². The van der Waals surface area contributed by atoms with Crippen LogP contribution in [-0.2, 0) is 16.0 Å². The number of hydrogen-bond acceptors (Lipinski definition) is 5. The number of carbonyl (C=O) groups is 3. The average molecular weight is 506 g/mol. The Morgan fingerprint density at radius 2 is 1.59 bits per heavy atom. The van der Waals surface area contributed by atoms with Crippen molar-refractivity contribution in [3.8, 4) is 11.1 Å². The number of alkyl carbamates (subject to hydrolysis) is 1. The molecule has 4 rings (SSSR count). The van der Waals surface area contributed by atoms with Crippen LogP contribution < -0.4 is 10.6 Å². The molecule has 3 aromatic rings. The normalized spacial score (nSPS) is 12.4. The Morgan fingerprint density at radius 1 is 0.973 bits per heavy atom. The molecule has 0 aliphatic heterocycles. The Balaban J connectivity index is 1.27. The van der Waals surface area contributed by atoms with Gasteiger partial charge in [0.1, 0.15) is 17.9 Å². The molecule has 0 fully saturated rings. The SMILES string of the molecule is CC(C)(C)OC(=O)Nc1cc(C(=O)O)n(CCCNC(=O)OCC2c3ccccc3-c3ccccc32)c1. The van der Waals surface area contributed by atoms with Crippen molar-refractivity contribution >= 4 is 23.8 Å². The lowest BCUT2D eigenvalue weighted by atomic mass is 9.98. The minimum absolute atomic E-state index is 0.0206. The van der Waals surface area contributed by atoms with E-state index in [1.54, 1.807) is 20.8 Å². The maximum Gasteiger partial charge on any atom is 0.412 e. The molecule has 1 heterocycles. The van der Waals surface area contributed by atoms with Crippen molar-refractivity contribution in [3.63, 3.8) is 0 Å². The van der Waals surface area contributed by atoms with Crippen LogP contribution >= 0.6 is 0 Å². The van der Waals surface area contributed by atoms with Crippen LogP contribution in [-0.4, -0.2) is 46.6 Å². The molecule has 1 aromatic heterocycles. The third-order valence-corrected chi connectivity index (χ3v) is 5.95.